The number of para-hydroxylation sites is 4. The maximum absolute atomic E-state index is 5.39. The third kappa shape index (κ3) is 4.37. The quantitative estimate of drug-likeness (QED) is 0.161. The van der Waals surface area contributed by atoms with Gasteiger partial charge in [-0.3, -0.25) is 0 Å². The van der Waals surface area contributed by atoms with Gasteiger partial charge in [0.25, 0.3) is 0 Å². The number of hydrogen-bond acceptors (Lipinski definition) is 4. The number of hydrogen-bond donors (Lipinski definition) is 3. The standard InChI is InChI=1S/C39H26N2S.C6H8N2/c1-3-18-33-26(11-1)29-14-7-15-30-28-13-8-17-32-37(28)36-23(9-6-19-34(36)41(33)38(29)30)21-25(40-32)22-24-10-5-16-31-27-12-2-4-20-35(27)42-39(24)31;7-5-3-1-2-4-6(5)8/h1-20,25,40H,21-22H2;1-4H,7-8H2. The number of nitrogen functional groups attached to an aromatic ring is 2. The van der Waals surface area contributed by atoms with Crippen LogP contribution in [0, 0.1) is 0 Å². The molecule has 4 nitrogen and oxygen atoms in total. The Morgan fingerprint density at radius 1 is 0.600 bits per heavy atom. The first kappa shape index (κ1) is 28.9. The molecule has 0 spiro atoms. The molecule has 9 aromatic rings. The van der Waals surface area contributed by atoms with Crippen molar-refractivity contribution < 1.29 is 0 Å². The summed E-state index contributed by atoms with van der Waals surface area (Å²) in [5.74, 6) is 0. The Balaban J connectivity index is 0.000000352. The molecule has 2 aliphatic rings. The van der Waals surface area contributed by atoms with Gasteiger partial charge in [-0.2, -0.15) is 0 Å². The van der Waals surface area contributed by atoms with Crippen molar-refractivity contribution in [3.05, 3.63) is 157 Å². The van der Waals surface area contributed by atoms with Gasteiger partial charge in [-0.25, -0.2) is 0 Å². The van der Waals surface area contributed by atoms with Crippen molar-refractivity contribution in [1.82, 2.24) is 4.57 Å². The Morgan fingerprint density at radius 3 is 2.14 bits per heavy atom. The number of thiophene rings is 1. The van der Waals surface area contributed by atoms with Crippen LogP contribution in [0.2, 0.25) is 0 Å². The van der Waals surface area contributed by atoms with E-state index in [0.29, 0.717) is 11.4 Å². The van der Waals surface area contributed by atoms with Crippen molar-refractivity contribution in [2.75, 3.05) is 16.8 Å². The van der Waals surface area contributed by atoms with Gasteiger partial charge in [0.05, 0.1) is 28.1 Å². The van der Waals surface area contributed by atoms with Crippen molar-refractivity contribution in [1.29, 1.82) is 0 Å². The van der Waals surface area contributed by atoms with Gasteiger partial charge >= 0.3 is 0 Å². The first-order chi connectivity index (χ1) is 24.6. The van der Waals surface area contributed by atoms with Crippen LogP contribution < -0.4 is 16.8 Å². The third-order valence-electron chi connectivity index (χ3n) is 10.4. The van der Waals surface area contributed by atoms with E-state index in [9.17, 15) is 0 Å². The molecule has 1 unspecified atom stereocenters. The summed E-state index contributed by atoms with van der Waals surface area (Å²) in [6, 6.07) is 52.7. The molecule has 2 aliphatic heterocycles. The fraction of sp³-hybridized carbons (Fsp3) is 0.0667. The molecule has 5 heteroatoms. The number of rotatable bonds is 2. The summed E-state index contributed by atoms with van der Waals surface area (Å²) in [5, 5.41) is 9.44. The van der Waals surface area contributed by atoms with Crippen LogP contribution in [0.15, 0.2) is 146 Å². The lowest BCUT2D eigenvalue weighted by Gasteiger charge is -2.20. The average Bonchev–Trinajstić information content (AvgIpc) is 3.59. The summed E-state index contributed by atoms with van der Waals surface area (Å²) >= 11 is 1.93. The maximum Gasteiger partial charge on any atom is 0.0619 e. The molecule has 0 saturated carbocycles. The molecule has 0 amide bonds. The summed E-state index contributed by atoms with van der Waals surface area (Å²) in [7, 11) is 0. The molecule has 0 saturated heterocycles. The van der Waals surface area contributed by atoms with Crippen LogP contribution in [-0.4, -0.2) is 10.6 Å². The van der Waals surface area contributed by atoms with Crippen molar-refractivity contribution >= 4 is 70.4 Å². The number of benzene rings is 7. The van der Waals surface area contributed by atoms with Gasteiger partial charge in [-0.05, 0) is 65.9 Å². The SMILES string of the molecule is Nc1ccccc1N.c1cc2c3c(c1)-c1cccc4c5ccccc5n(c14)-c1cccc(c1-3)CC(Cc1cccc3c1sc1ccccc13)N2. The second-order valence-corrected chi connectivity index (χ2v) is 14.4. The maximum atomic E-state index is 5.39. The molecule has 0 radical (unpaired) electrons. The predicted molar refractivity (Wildman–Crippen MR) is 215 cm³/mol. The fourth-order valence-electron chi connectivity index (χ4n) is 8.29. The van der Waals surface area contributed by atoms with Crippen LogP contribution in [0.1, 0.15) is 11.1 Å². The first-order valence-electron chi connectivity index (χ1n) is 17.2. The van der Waals surface area contributed by atoms with Gasteiger partial charge < -0.3 is 21.4 Å². The lowest BCUT2D eigenvalue weighted by atomic mass is 9.89. The highest BCUT2D eigenvalue weighted by Gasteiger charge is 2.31. The van der Waals surface area contributed by atoms with Crippen LogP contribution in [0.5, 0.6) is 0 Å². The molecule has 0 fully saturated rings. The van der Waals surface area contributed by atoms with Crippen molar-refractivity contribution in [3.63, 3.8) is 0 Å². The zero-order valence-electron chi connectivity index (χ0n) is 27.4. The Morgan fingerprint density at radius 2 is 1.28 bits per heavy atom. The van der Waals surface area contributed by atoms with Crippen molar-refractivity contribution in [2.45, 2.75) is 18.9 Å². The second-order valence-electron chi connectivity index (χ2n) is 13.4. The number of nitrogens with one attached hydrogen (secondary N) is 1. The summed E-state index contributed by atoms with van der Waals surface area (Å²) < 4.78 is 5.31. The molecule has 11 rings (SSSR count). The highest BCUT2D eigenvalue weighted by Crippen LogP contribution is 2.51. The Kier molecular flexibility index (Phi) is 6.51. The number of nitrogens with zero attached hydrogens (tertiary/aromatic N) is 1. The van der Waals surface area contributed by atoms with Gasteiger partial charge in [0, 0.05) is 59.4 Å². The van der Waals surface area contributed by atoms with Gasteiger partial charge in [0.1, 0.15) is 0 Å². The van der Waals surface area contributed by atoms with E-state index in [1.807, 2.05) is 23.5 Å². The van der Waals surface area contributed by atoms with Crippen LogP contribution in [0.3, 0.4) is 0 Å². The van der Waals surface area contributed by atoms with Gasteiger partial charge in [0.2, 0.25) is 0 Å². The summed E-state index contributed by atoms with van der Waals surface area (Å²) in [6.45, 7) is 0. The van der Waals surface area contributed by atoms with Gasteiger partial charge in [0.15, 0.2) is 0 Å². The third-order valence-corrected chi connectivity index (χ3v) is 11.7. The van der Waals surface area contributed by atoms with E-state index in [0.717, 1.165) is 12.8 Å². The van der Waals surface area contributed by atoms with E-state index in [1.54, 1.807) is 12.1 Å². The fourth-order valence-corrected chi connectivity index (χ4v) is 9.51. The van der Waals surface area contributed by atoms with Crippen molar-refractivity contribution in [3.8, 4) is 27.9 Å². The van der Waals surface area contributed by atoms with E-state index in [4.69, 9.17) is 11.5 Å². The normalized spacial score (nSPS) is 14.1. The van der Waals surface area contributed by atoms with Crippen LogP contribution >= 0.6 is 11.3 Å². The molecule has 2 aromatic heterocycles. The van der Waals surface area contributed by atoms with Crippen molar-refractivity contribution in [2.24, 2.45) is 0 Å². The van der Waals surface area contributed by atoms with E-state index in [-0.39, 0.29) is 6.04 Å². The van der Waals surface area contributed by atoms with E-state index in [1.165, 1.54) is 86.7 Å². The molecule has 5 N–H and O–H groups in total. The van der Waals surface area contributed by atoms with E-state index < -0.39 is 0 Å². The minimum absolute atomic E-state index is 0.280. The molecular weight excluding hydrogens is 629 g/mol. The number of aromatic nitrogens is 1. The van der Waals surface area contributed by atoms with E-state index >= 15 is 0 Å². The van der Waals surface area contributed by atoms with Crippen LogP contribution in [-0.2, 0) is 12.8 Å². The Bertz CT molecular complexity index is 2770. The lowest BCUT2D eigenvalue weighted by Crippen LogP contribution is -2.24. The Labute approximate surface area is 294 Å². The summed E-state index contributed by atoms with van der Waals surface area (Å²) in [6.07, 6.45) is 1.95. The topological polar surface area (TPSA) is 69.0 Å². The zero-order chi connectivity index (χ0) is 33.3. The summed E-state index contributed by atoms with van der Waals surface area (Å²) in [4.78, 5) is 0. The molecule has 1 atom stereocenters. The highest BCUT2D eigenvalue weighted by atomic mass is 32.1. The second kappa shape index (κ2) is 11.3. The number of nitrogens with two attached hydrogens (primary N) is 2. The average molecular weight is 663 g/mol. The number of anilines is 3. The number of fused-ring (bicyclic) bond motifs is 8. The lowest BCUT2D eigenvalue weighted by molar-refractivity contribution is 0.719. The molecule has 50 heavy (non-hydrogen) atoms. The zero-order valence-corrected chi connectivity index (χ0v) is 28.2. The molecular formula is C45H34N4S. The summed E-state index contributed by atoms with van der Waals surface area (Å²) in [5.41, 5.74) is 25.4. The predicted octanol–water partition coefficient (Wildman–Crippen LogP) is 11.2. The monoisotopic (exact) mass is 662 g/mol. The Hall–Kier alpha value is -6.04. The molecule has 7 aromatic carbocycles. The molecule has 240 valence electrons. The minimum atomic E-state index is 0.280. The van der Waals surface area contributed by atoms with Crippen LogP contribution in [0.25, 0.3) is 69.9 Å². The molecule has 4 heterocycles. The van der Waals surface area contributed by atoms with E-state index in [2.05, 4.69) is 131 Å². The van der Waals surface area contributed by atoms with Gasteiger partial charge in [-0.15, -0.1) is 11.3 Å². The smallest absolute Gasteiger partial charge is 0.0619 e. The van der Waals surface area contributed by atoms with Crippen LogP contribution in [0.4, 0.5) is 17.1 Å². The minimum Gasteiger partial charge on any atom is -0.397 e. The molecule has 0 bridgehead atoms. The molecule has 0 aliphatic carbocycles. The largest absolute Gasteiger partial charge is 0.397 e. The first-order valence-corrected chi connectivity index (χ1v) is 18.0. The highest BCUT2D eigenvalue weighted by molar-refractivity contribution is 7.26. The van der Waals surface area contributed by atoms with Gasteiger partial charge in [-0.1, -0.05) is 109 Å².